The van der Waals surface area contributed by atoms with Crippen LogP contribution in [0.1, 0.15) is 17.9 Å². The van der Waals surface area contributed by atoms with Gasteiger partial charge in [-0.3, -0.25) is 4.99 Å². The van der Waals surface area contributed by atoms with E-state index in [9.17, 15) is 0 Å². The lowest BCUT2D eigenvalue weighted by Crippen LogP contribution is -2.24. The second-order valence-corrected chi connectivity index (χ2v) is 5.45. The van der Waals surface area contributed by atoms with Crippen molar-refractivity contribution in [1.29, 1.82) is 0 Å². The molecule has 1 atom stereocenters. The Morgan fingerprint density at radius 3 is 2.96 bits per heavy atom. The van der Waals surface area contributed by atoms with Crippen LogP contribution in [0.2, 0.25) is 0 Å². The van der Waals surface area contributed by atoms with Crippen LogP contribution >= 0.6 is 24.0 Å². The molecule has 0 fully saturated rings. The summed E-state index contributed by atoms with van der Waals surface area (Å²) in [4.78, 5) is 4.48. The van der Waals surface area contributed by atoms with Gasteiger partial charge in [0.25, 0.3) is 0 Å². The number of fused-ring (bicyclic) bond motifs is 1. The van der Waals surface area contributed by atoms with Crippen molar-refractivity contribution in [3.8, 4) is 11.5 Å². The molecule has 0 amide bonds. The highest BCUT2D eigenvalue weighted by Gasteiger charge is 2.20. The summed E-state index contributed by atoms with van der Waals surface area (Å²) >= 11 is 0. The van der Waals surface area contributed by atoms with Gasteiger partial charge in [-0.1, -0.05) is 24.3 Å². The van der Waals surface area contributed by atoms with E-state index in [-0.39, 0.29) is 24.0 Å². The van der Waals surface area contributed by atoms with Gasteiger partial charge in [0.05, 0.1) is 13.7 Å². The van der Waals surface area contributed by atoms with E-state index in [0.29, 0.717) is 18.4 Å². The summed E-state index contributed by atoms with van der Waals surface area (Å²) in [6.07, 6.45) is 0.951. The van der Waals surface area contributed by atoms with E-state index >= 15 is 0 Å². The summed E-state index contributed by atoms with van der Waals surface area (Å²) in [5.74, 6) is 2.48. The Hall–Kier alpha value is -1.96. The van der Waals surface area contributed by atoms with Crippen LogP contribution in [0.3, 0.4) is 0 Å². The van der Waals surface area contributed by atoms with Crippen molar-refractivity contribution >= 4 is 35.6 Å². The number of para-hydroxylation sites is 1. The Morgan fingerprint density at radius 1 is 1.29 bits per heavy atom. The minimum atomic E-state index is 0. The number of halogens is 1. The first-order valence-corrected chi connectivity index (χ1v) is 7.69. The predicted molar refractivity (Wildman–Crippen MR) is 108 cm³/mol. The highest BCUT2D eigenvalue weighted by Crippen LogP contribution is 2.33. The van der Waals surface area contributed by atoms with E-state index in [4.69, 9.17) is 15.2 Å². The van der Waals surface area contributed by atoms with Crippen LogP contribution in [0.25, 0.3) is 0 Å². The first kappa shape index (κ1) is 18.4. The van der Waals surface area contributed by atoms with Crippen molar-refractivity contribution in [3.05, 3.63) is 54.1 Å². The molecule has 1 heterocycles. The molecule has 0 saturated heterocycles. The summed E-state index contributed by atoms with van der Waals surface area (Å²) < 4.78 is 10.9. The fraction of sp³-hybridized carbons (Fsp3) is 0.278. The number of nitrogens with one attached hydrogen (secondary N) is 1. The first-order chi connectivity index (χ1) is 11.3. The molecule has 1 aliphatic rings. The number of hydrogen-bond acceptors (Lipinski definition) is 3. The molecule has 128 valence electrons. The largest absolute Gasteiger partial charge is 0.497 e. The molecular formula is C18H22IN3O2. The molecule has 2 aromatic carbocycles. The Bertz CT molecular complexity index is 706. The van der Waals surface area contributed by atoms with Gasteiger partial charge < -0.3 is 20.5 Å². The van der Waals surface area contributed by atoms with E-state index in [1.54, 1.807) is 7.11 Å². The summed E-state index contributed by atoms with van der Waals surface area (Å²) in [5.41, 5.74) is 8.07. The number of aliphatic imine (C=N–C) groups is 1. The lowest BCUT2D eigenvalue weighted by atomic mass is 9.93. The third kappa shape index (κ3) is 4.53. The van der Waals surface area contributed by atoms with E-state index in [1.807, 2.05) is 42.5 Å². The number of rotatable bonds is 4. The van der Waals surface area contributed by atoms with Crippen molar-refractivity contribution < 1.29 is 9.47 Å². The van der Waals surface area contributed by atoms with Crippen molar-refractivity contribution in [2.75, 3.05) is 25.6 Å². The highest BCUT2D eigenvalue weighted by molar-refractivity contribution is 14.0. The van der Waals surface area contributed by atoms with Crippen LogP contribution in [0.15, 0.2) is 53.5 Å². The number of nitrogens with two attached hydrogens (primary N) is 1. The Morgan fingerprint density at radius 2 is 2.12 bits per heavy atom. The van der Waals surface area contributed by atoms with Gasteiger partial charge in [-0.25, -0.2) is 0 Å². The van der Waals surface area contributed by atoms with Gasteiger partial charge in [0.2, 0.25) is 0 Å². The first-order valence-electron chi connectivity index (χ1n) is 7.69. The number of hydrogen-bond donors (Lipinski definition) is 2. The zero-order valence-corrected chi connectivity index (χ0v) is 15.9. The Balaban J connectivity index is 0.00000208. The quantitative estimate of drug-likeness (QED) is 0.434. The Labute approximate surface area is 159 Å². The van der Waals surface area contributed by atoms with E-state index < -0.39 is 0 Å². The van der Waals surface area contributed by atoms with Crippen LogP contribution in [-0.4, -0.2) is 26.2 Å². The average molecular weight is 439 g/mol. The highest BCUT2D eigenvalue weighted by atomic mass is 127. The Kier molecular flexibility index (Phi) is 6.72. The zero-order chi connectivity index (χ0) is 16.1. The van der Waals surface area contributed by atoms with Crippen LogP contribution in [-0.2, 0) is 0 Å². The van der Waals surface area contributed by atoms with Crippen molar-refractivity contribution in [3.63, 3.8) is 0 Å². The number of benzene rings is 2. The van der Waals surface area contributed by atoms with Crippen LogP contribution in [0, 0.1) is 0 Å². The summed E-state index contributed by atoms with van der Waals surface area (Å²) in [5, 5.41) is 3.10. The average Bonchev–Trinajstić information content (AvgIpc) is 2.60. The van der Waals surface area contributed by atoms with Gasteiger partial charge in [-0.05, 0) is 30.2 Å². The normalized spacial score (nSPS) is 16.4. The minimum Gasteiger partial charge on any atom is -0.497 e. The SMILES string of the molecule is COc1cccc(NC(N)=NCC2CCOc3ccccc32)c1.I. The van der Waals surface area contributed by atoms with Gasteiger partial charge in [-0.2, -0.15) is 0 Å². The molecule has 0 spiro atoms. The van der Waals surface area contributed by atoms with Crippen molar-refractivity contribution in [1.82, 2.24) is 0 Å². The fourth-order valence-electron chi connectivity index (χ4n) is 2.70. The number of ether oxygens (including phenoxy) is 2. The maximum atomic E-state index is 6.00. The van der Waals surface area contributed by atoms with Crippen LogP contribution in [0.5, 0.6) is 11.5 Å². The van der Waals surface area contributed by atoms with Crippen LogP contribution < -0.4 is 20.5 Å². The maximum Gasteiger partial charge on any atom is 0.193 e. The van der Waals surface area contributed by atoms with Gasteiger partial charge in [0.15, 0.2) is 5.96 Å². The van der Waals surface area contributed by atoms with Crippen molar-refractivity contribution in [2.24, 2.45) is 10.7 Å². The van der Waals surface area contributed by atoms with Gasteiger partial charge >= 0.3 is 0 Å². The fourth-order valence-corrected chi connectivity index (χ4v) is 2.70. The van der Waals surface area contributed by atoms with E-state index in [1.165, 1.54) is 5.56 Å². The van der Waals surface area contributed by atoms with Gasteiger partial charge in [0.1, 0.15) is 11.5 Å². The molecule has 2 aromatic rings. The molecule has 1 unspecified atom stereocenters. The molecule has 0 radical (unpaired) electrons. The molecule has 24 heavy (non-hydrogen) atoms. The standard InChI is InChI=1S/C18H21N3O2.HI/c1-22-15-6-4-5-14(11-15)21-18(19)20-12-13-9-10-23-17-8-3-2-7-16(13)17;/h2-8,11,13H,9-10,12H2,1H3,(H3,19,20,21);1H. The molecule has 3 N–H and O–H groups in total. The number of anilines is 1. The molecule has 6 heteroatoms. The topological polar surface area (TPSA) is 68.9 Å². The maximum absolute atomic E-state index is 6.00. The summed E-state index contributed by atoms with van der Waals surface area (Å²) in [6, 6.07) is 15.7. The molecular weight excluding hydrogens is 417 g/mol. The lowest BCUT2D eigenvalue weighted by Gasteiger charge is -2.24. The minimum absolute atomic E-state index is 0. The molecule has 0 saturated carbocycles. The number of methoxy groups -OCH3 is 1. The van der Waals surface area contributed by atoms with Gasteiger partial charge in [-0.15, -0.1) is 24.0 Å². The van der Waals surface area contributed by atoms with E-state index in [0.717, 1.165) is 30.2 Å². The molecule has 0 bridgehead atoms. The molecule has 1 aliphatic heterocycles. The number of guanidine groups is 1. The molecule has 3 rings (SSSR count). The molecule has 0 aliphatic carbocycles. The zero-order valence-electron chi connectivity index (χ0n) is 13.6. The smallest absolute Gasteiger partial charge is 0.193 e. The molecule has 0 aromatic heterocycles. The predicted octanol–water partition coefficient (Wildman–Crippen LogP) is 3.61. The summed E-state index contributed by atoms with van der Waals surface area (Å²) in [7, 11) is 1.64. The van der Waals surface area contributed by atoms with Crippen LogP contribution in [0.4, 0.5) is 5.69 Å². The third-order valence-electron chi connectivity index (χ3n) is 3.91. The summed E-state index contributed by atoms with van der Waals surface area (Å²) in [6.45, 7) is 1.36. The van der Waals surface area contributed by atoms with Gasteiger partial charge in [0, 0.05) is 24.2 Å². The molecule has 5 nitrogen and oxygen atoms in total. The number of nitrogens with zero attached hydrogens (tertiary/aromatic N) is 1. The third-order valence-corrected chi connectivity index (χ3v) is 3.91. The monoisotopic (exact) mass is 439 g/mol. The van der Waals surface area contributed by atoms with E-state index in [2.05, 4.69) is 16.4 Å². The lowest BCUT2D eigenvalue weighted by molar-refractivity contribution is 0.269. The second kappa shape index (κ2) is 8.77. The van der Waals surface area contributed by atoms with Crippen molar-refractivity contribution in [2.45, 2.75) is 12.3 Å². The second-order valence-electron chi connectivity index (χ2n) is 5.45.